The number of Topliss-reactive ketones (excluding diaryl/α,β-unsaturated/α-hetero) is 2. The molecule has 2 saturated heterocycles. The maximum atomic E-state index is 13.1. The van der Waals surface area contributed by atoms with E-state index in [4.69, 9.17) is 18.3 Å². The van der Waals surface area contributed by atoms with Gasteiger partial charge in [0.05, 0.1) is 70.6 Å². The van der Waals surface area contributed by atoms with Crippen molar-refractivity contribution in [1.82, 2.24) is 14.5 Å². The predicted molar refractivity (Wildman–Crippen MR) is 217 cm³/mol. The fourth-order valence-electron chi connectivity index (χ4n) is 6.05. The number of benzene rings is 2. The second-order valence-electron chi connectivity index (χ2n) is 15.0. The van der Waals surface area contributed by atoms with Gasteiger partial charge in [-0.3, -0.25) is 28.8 Å². The molecule has 306 valence electrons. The highest BCUT2D eigenvalue weighted by molar-refractivity contribution is 7.84. The Kier molecular flexibility index (Phi) is 13.5. The van der Waals surface area contributed by atoms with Crippen LogP contribution in [0.25, 0.3) is 21.9 Å². The van der Waals surface area contributed by atoms with Crippen LogP contribution in [0.1, 0.15) is 69.1 Å². The van der Waals surface area contributed by atoms with Crippen LogP contribution in [0.15, 0.2) is 54.8 Å². The Bertz CT molecular complexity index is 2330. The van der Waals surface area contributed by atoms with Crippen molar-refractivity contribution in [3.63, 3.8) is 0 Å². The average Bonchev–Trinajstić information content (AvgIpc) is 3.18. The largest absolute Gasteiger partial charge is 0.440 e. The Balaban J connectivity index is 0.000000224. The standard InChI is InChI=1S/C22H29N3O6S.C18H20N2O5/c1-22(2,3)32(29)23-13-18(27)16-11-14(21(28)24(4)5)10-15-17(26)12-19(31-20(15)16)25-6-8-30-9-7-25;1-11(21)13-8-12(18(23)19(2)3)9-14-15(22)10-16(25-17(13)14)20-4-6-24-7-5-20/h10-12,23H,6-9,13H2,1-5H3;8-10H,4-7H2,1-3H3/t32-;/m1./s1. The minimum atomic E-state index is -1.46. The maximum absolute atomic E-state index is 13.1. The molecule has 4 heterocycles. The van der Waals surface area contributed by atoms with E-state index >= 15 is 0 Å². The van der Waals surface area contributed by atoms with Crippen LogP contribution in [0.5, 0.6) is 0 Å². The van der Waals surface area contributed by atoms with E-state index in [1.54, 1.807) is 49.0 Å². The number of nitrogens with zero attached hydrogens (tertiary/aromatic N) is 4. The molecule has 4 aromatic rings. The Morgan fingerprint density at radius 1 is 0.684 bits per heavy atom. The number of nitrogens with one attached hydrogen (secondary N) is 1. The van der Waals surface area contributed by atoms with Gasteiger partial charge in [0, 0.05) is 77.6 Å². The van der Waals surface area contributed by atoms with Gasteiger partial charge < -0.3 is 37.9 Å². The van der Waals surface area contributed by atoms with Gasteiger partial charge in [-0.25, -0.2) is 8.93 Å². The van der Waals surface area contributed by atoms with E-state index in [2.05, 4.69) is 4.72 Å². The number of morpholine rings is 2. The van der Waals surface area contributed by atoms with Crippen LogP contribution >= 0.6 is 0 Å². The SMILES string of the molecule is CC(=O)c1cc(C(=O)N(C)C)cc2c(=O)cc(N3CCOCC3)oc12.CN(C)C(=O)c1cc(C(=O)CN[S@](=O)C(C)(C)C)c2oc(N3CCOCC3)cc(=O)c2c1. The zero-order valence-electron chi connectivity index (χ0n) is 33.5. The van der Waals surface area contributed by atoms with Crippen molar-refractivity contribution in [2.45, 2.75) is 32.4 Å². The number of amides is 2. The molecule has 0 bridgehead atoms. The van der Waals surface area contributed by atoms with Crippen molar-refractivity contribution < 1.29 is 41.7 Å². The Hall–Kier alpha value is -5.23. The molecule has 2 aliphatic heterocycles. The highest BCUT2D eigenvalue weighted by Crippen LogP contribution is 2.27. The molecule has 0 radical (unpaired) electrons. The Morgan fingerprint density at radius 2 is 1.09 bits per heavy atom. The van der Waals surface area contributed by atoms with Crippen molar-refractivity contribution >= 4 is 68.1 Å². The molecule has 17 heteroatoms. The third-order valence-corrected chi connectivity index (χ3v) is 10.7. The van der Waals surface area contributed by atoms with Crippen molar-refractivity contribution in [2.24, 2.45) is 0 Å². The summed E-state index contributed by atoms with van der Waals surface area (Å²) in [5, 5.41) is 0.380. The van der Waals surface area contributed by atoms with E-state index in [1.165, 1.54) is 53.1 Å². The quantitative estimate of drug-likeness (QED) is 0.243. The van der Waals surface area contributed by atoms with Crippen LogP contribution in [0.3, 0.4) is 0 Å². The number of anilines is 2. The third-order valence-electron chi connectivity index (χ3n) is 9.18. The van der Waals surface area contributed by atoms with Gasteiger partial charge in [-0.05, 0) is 52.0 Å². The fourth-order valence-corrected chi connectivity index (χ4v) is 6.74. The lowest BCUT2D eigenvalue weighted by Gasteiger charge is -2.27. The van der Waals surface area contributed by atoms with Crippen LogP contribution in [-0.2, 0) is 20.5 Å². The average molecular weight is 808 g/mol. The van der Waals surface area contributed by atoms with E-state index in [1.807, 2.05) is 9.80 Å². The van der Waals surface area contributed by atoms with Gasteiger partial charge in [0.25, 0.3) is 11.8 Å². The summed E-state index contributed by atoms with van der Waals surface area (Å²) in [5.74, 6) is -0.554. The number of carbonyl (C=O) groups excluding carboxylic acids is 4. The van der Waals surface area contributed by atoms with Gasteiger partial charge in [-0.1, -0.05) is 0 Å². The fraction of sp³-hybridized carbons (Fsp3) is 0.450. The molecule has 16 nitrogen and oxygen atoms in total. The first-order valence-electron chi connectivity index (χ1n) is 18.4. The van der Waals surface area contributed by atoms with E-state index in [0.717, 1.165) is 0 Å². The summed E-state index contributed by atoms with van der Waals surface area (Å²) in [6, 6.07) is 8.63. The molecule has 1 atom stereocenters. The van der Waals surface area contributed by atoms with Crippen molar-refractivity contribution in [3.05, 3.63) is 79.1 Å². The molecule has 57 heavy (non-hydrogen) atoms. The minimum absolute atomic E-state index is 0.0957. The van der Waals surface area contributed by atoms with E-state index < -0.39 is 21.5 Å². The zero-order valence-corrected chi connectivity index (χ0v) is 34.3. The highest BCUT2D eigenvalue weighted by atomic mass is 32.2. The van der Waals surface area contributed by atoms with Crippen molar-refractivity contribution in [2.75, 3.05) is 97.1 Å². The normalized spacial score (nSPS) is 15.2. The Morgan fingerprint density at radius 3 is 1.47 bits per heavy atom. The molecular weight excluding hydrogens is 759 g/mol. The van der Waals surface area contributed by atoms with Crippen LogP contribution in [0, 0.1) is 0 Å². The molecule has 2 fully saturated rings. The lowest BCUT2D eigenvalue weighted by atomic mass is 10.0. The second-order valence-corrected chi connectivity index (χ2v) is 17.0. The van der Waals surface area contributed by atoms with Crippen LogP contribution < -0.4 is 25.4 Å². The van der Waals surface area contributed by atoms with Crippen molar-refractivity contribution in [3.8, 4) is 0 Å². The highest BCUT2D eigenvalue weighted by Gasteiger charge is 2.25. The van der Waals surface area contributed by atoms with Gasteiger partial charge in [0.2, 0.25) is 0 Å². The Labute approximate surface area is 332 Å². The van der Waals surface area contributed by atoms with E-state index in [9.17, 15) is 33.0 Å². The van der Waals surface area contributed by atoms with Gasteiger partial charge >= 0.3 is 0 Å². The van der Waals surface area contributed by atoms with Crippen LogP contribution in [-0.4, -0.2) is 129 Å². The number of fused-ring (bicyclic) bond motifs is 2. The number of ketones is 2. The maximum Gasteiger partial charge on any atom is 0.253 e. The molecule has 0 saturated carbocycles. The molecule has 2 aromatic heterocycles. The van der Waals surface area contributed by atoms with Gasteiger partial charge in [0.1, 0.15) is 0 Å². The molecule has 0 unspecified atom stereocenters. The zero-order chi connectivity index (χ0) is 41.8. The first kappa shape index (κ1) is 42.9. The second kappa shape index (κ2) is 17.9. The summed E-state index contributed by atoms with van der Waals surface area (Å²) < 4.78 is 37.1. The molecule has 6 rings (SSSR count). The van der Waals surface area contributed by atoms with Gasteiger partial charge in [0.15, 0.2) is 45.4 Å². The minimum Gasteiger partial charge on any atom is -0.440 e. The topological polar surface area (TPSA) is 189 Å². The van der Waals surface area contributed by atoms with Gasteiger partial charge in [-0.2, -0.15) is 0 Å². The molecule has 2 aromatic carbocycles. The van der Waals surface area contributed by atoms with Crippen LogP contribution in [0.4, 0.5) is 11.8 Å². The molecule has 2 amide bonds. The first-order chi connectivity index (χ1) is 26.9. The lowest BCUT2D eigenvalue weighted by molar-refractivity contribution is 0.0820. The summed E-state index contributed by atoms with van der Waals surface area (Å²) in [7, 11) is 4.95. The summed E-state index contributed by atoms with van der Waals surface area (Å²) in [6.07, 6.45) is 0. The predicted octanol–water partition coefficient (Wildman–Crippen LogP) is 3.10. The summed E-state index contributed by atoms with van der Waals surface area (Å²) in [5.41, 5.74) is 0.524. The molecule has 0 spiro atoms. The van der Waals surface area contributed by atoms with Crippen LogP contribution in [0.2, 0.25) is 0 Å². The summed E-state index contributed by atoms with van der Waals surface area (Å²) in [6.45, 7) is 11.0. The molecule has 0 aliphatic carbocycles. The first-order valence-corrected chi connectivity index (χ1v) is 19.5. The van der Waals surface area contributed by atoms with Gasteiger partial charge in [-0.15, -0.1) is 0 Å². The van der Waals surface area contributed by atoms with Crippen molar-refractivity contribution in [1.29, 1.82) is 0 Å². The summed E-state index contributed by atoms with van der Waals surface area (Å²) >= 11 is 0. The molecule has 1 N–H and O–H groups in total. The molecule has 2 aliphatic rings. The van der Waals surface area contributed by atoms with E-state index in [0.29, 0.717) is 64.4 Å². The monoisotopic (exact) mass is 807 g/mol. The number of rotatable bonds is 9. The van der Waals surface area contributed by atoms with E-state index in [-0.39, 0.29) is 79.2 Å². The third kappa shape index (κ3) is 10.0. The molecular formula is C40H49N5O11S. The number of hydrogen-bond donors (Lipinski definition) is 1. The number of hydrogen-bond acceptors (Lipinski definition) is 13. The lowest BCUT2D eigenvalue weighted by Crippen LogP contribution is -2.37. The number of carbonyl (C=O) groups is 4. The number of ether oxygens (including phenoxy) is 2. The summed E-state index contributed by atoms with van der Waals surface area (Å²) in [4.78, 5) is 82.1. The smallest absolute Gasteiger partial charge is 0.253 e.